The van der Waals surface area contributed by atoms with E-state index >= 15 is 0 Å². The Morgan fingerprint density at radius 1 is 0.591 bits per heavy atom. The molecule has 22 heavy (non-hydrogen) atoms. The van der Waals surface area contributed by atoms with Gasteiger partial charge in [-0.05, 0) is 83.1 Å². The maximum atomic E-state index is 11.7. The smallest absolute Gasteiger partial charge is 0.160 e. The molecule has 0 fully saturated rings. The molecule has 0 aliphatic heterocycles. The quantitative estimate of drug-likeness (QED) is 0.616. The van der Waals surface area contributed by atoms with Crippen LogP contribution in [-0.4, -0.2) is 31.6 Å². The molecule has 0 aliphatic carbocycles. The van der Waals surface area contributed by atoms with Crippen LogP contribution in [0.3, 0.4) is 0 Å². The van der Waals surface area contributed by atoms with Gasteiger partial charge in [-0.1, -0.05) is 7.43 Å². The normalized spacial score (nSPS) is 14.0. The average Bonchev–Trinajstić information content (AvgIpc) is 2.11. The second-order valence-corrected chi connectivity index (χ2v) is 15.7. The van der Waals surface area contributed by atoms with Crippen LogP contribution in [0, 0.1) is 0 Å². The van der Waals surface area contributed by atoms with E-state index in [0.717, 1.165) is 0 Å². The van der Waals surface area contributed by atoms with Crippen LogP contribution >= 0.6 is 0 Å². The van der Waals surface area contributed by atoms with Crippen molar-refractivity contribution in [2.45, 2.75) is 109 Å². The molecule has 0 aromatic carbocycles. The first-order valence-electron chi connectivity index (χ1n) is 7.32. The number of sulfone groups is 1. The molecule has 0 unspecified atom stereocenters. The topological polar surface area (TPSA) is 51.2 Å². The number of rotatable bonds is 0. The summed E-state index contributed by atoms with van der Waals surface area (Å²) >= 11 is 0. The van der Waals surface area contributed by atoms with Crippen molar-refractivity contribution in [3.8, 4) is 0 Å². The van der Waals surface area contributed by atoms with E-state index in [1.807, 2.05) is 41.5 Å². The second kappa shape index (κ2) is 7.78. The number of hydrogen-bond acceptors (Lipinski definition) is 3. The van der Waals surface area contributed by atoms with Crippen molar-refractivity contribution in [2.75, 3.05) is 0 Å². The minimum absolute atomic E-state index is 0. The Hall–Kier alpha value is 0.1000. The minimum Gasteiger partial charge on any atom is -0.258 e. The summed E-state index contributed by atoms with van der Waals surface area (Å²) in [6.45, 7) is 22.4. The van der Waals surface area contributed by atoms with Crippen LogP contribution in [0.4, 0.5) is 0 Å². The highest BCUT2D eigenvalue weighted by Crippen LogP contribution is 2.28. The summed E-state index contributed by atoms with van der Waals surface area (Å²) < 4.78 is 33.5. The predicted octanol–water partition coefficient (Wildman–Crippen LogP) is 4.97. The Bertz CT molecular complexity index is 412. The first kappa shape index (κ1) is 27.0. The van der Waals surface area contributed by atoms with Gasteiger partial charge in [-0.15, -0.1) is 0 Å². The molecule has 3 nitrogen and oxygen atoms in total. The van der Waals surface area contributed by atoms with E-state index in [0.29, 0.717) is 0 Å². The molecule has 0 heterocycles. The lowest BCUT2D eigenvalue weighted by Gasteiger charge is -2.29. The molecule has 0 atom stereocenters. The van der Waals surface area contributed by atoms with Crippen LogP contribution in [0.1, 0.15) is 90.5 Å². The fraction of sp³-hybridized carbons (Fsp3) is 1.00. The lowest BCUT2D eigenvalue weighted by atomic mass is 10.2. The Kier molecular flexibility index (Phi) is 9.54. The van der Waals surface area contributed by atoms with Gasteiger partial charge in [0, 0.05) is 20.3 Å². The molecule has 5 heteroatoms. The SMILES string of the molecule is C.CC(C)(C)S(=O)(=O)C(C)(C)C.CC(C)(C)S(=O)C(C)(C)C. The van der Waals surface area contributed by atoms with Crippen molar-refractivity contribution < 1.29 is 12.6 Å². The lowest BCUT2D eigenvalue weighted by molar-refractivity contribution is 0.525. The van der Waals surface area contributed by atoms with Gasteiger partial charge in [0.05, 0.1) is 9.49 Å². The van der Waals surface area contributed by atoms with E-state index in [1.54, 1.807) is 41.5 Å². The van der Waals surface area contributed by atoms with Crippen molar-refractivity contribution in [3.05, 3.63) is 0 Å². The largest absolute Gasteiger partial charge is 0.258 e. The molecule has 0 spiro atoms. The van der Waals surface area contributed by atoms with E-state index < -0.39 is 30.1 Å². The molecular weight excluding hydrogens is 316 g/mol. The summed E-state index contributed by atoms with van der Waals surface area (Å²) in [5.74, 6) is 0. The molecule has 0 rings (SSSR count). The predicted molar refractivity (Wildman–Crippen MR) is 103 cm³/mol. The molecule has 0 aromatic rings. The van der Waals surface area contributed by atoms with Gasteiger partial charge >= 0.3 is 0 Å². The van der Waals surface area contributed by atoms with Gasteiger partial charge in [-0.2, -0.15) is 0 Å². The Labute approximate surface area is 143 Å². The van der Waals surface area contributed by atoms with Crippen molar-refractivity contribution in [1.29, 1.82) is 0 Å². The lowest BCUT2D eigenvalue weighted by Crippen LogP contribution is -2.41. The molecule has 0 saturated heterocycles. The van der Waals surface area contributed by atoms with E-state index in [1.165, 1.54) is 0 Å². The van der Waals surface area contributed by atoms with Gasteiger partial charge in [-0.3, -0.25) is 4.21 Å². The summed E-state index contributed by atoms with van der Waals surface area (Å²) in [5, 5.41) is 0. The first-order valence-corrected chi connectivity index (χ1v) is 9.95. The Morgan fingerprint density at radius 2 is 0.773 bits per heavy atom. The third kappa shape index (κ3) is 8.09. The molecule has 138 valence electrons. The fourth-order valence-electron chi connectivity index (χ4n) is 1.84. The van der Waals surface area contributed by atoms with Crippen LogP contribution in [0.5, 0.6) is 0 Å². The van der Waals surface area contributed by atoms with Crippen LogP contribution in [-0.2, 0) is 20.6 Å². The molecule has 0 amide bonds. The minimum atomic E-state index is -3.01. The highest BCUT2D eigenvalue weighted by atomic mass is 32.2. The van der Waals surface area contributed by atoms with E-state index in [9.17, 15) is 12.6 Å². The van der Waals surface area contributed by atoms with Crippen molar-refractivity contribution >= 4 is 20.6 Å². The van der Waals surface area contributed by atoms with Gasteiger partial charge in [0.25, 0.3) is 0 Å². The zero-order valence-electron chi connectivity index (χ0n) is 16.0. The van der Waals surface area contributed by atoms with Gasteiger partial charge < -0.3 is 0 Å². The fourth-order valence-corrected chi connectivity index (χ4v) is 5.51. The van der Waals surface area contributed by atoms with Gasteiger partial charge in [-0.25, -0.2) is 8.42 Å². The second-order valence-electron chi connectivity index (χ2n) is 9.22. The standard InChI is InChI=1S/C8H18O2S.C8H18OS.CH4/c1-7(2,3)11(9,10)8(4,5)6;1-7(2,3)10(9)8(4,5)6;/h1-6H3;1-6H3;1H4. The van der Waals surface area contributed by atoms with Gasteiger partial charge in [0.1, 0.15) is 0 Å². The maximum Gasteiger partial charge on any atom is 0.160 e. The molecule has 0 N–H and O–H groups in total. The van der Waals surface area contributed by atoms with Crippen LogP contribution in [0.2, 0.25) is 0 Å². The molecule has 0 aromatic heterocycles. The summed E-state index contributed by atoms with van der Waals surface area (Å²) in [4.78, 5) is 0. The summed E-state index contributed by atoms with van der Waals surface area (Å²) in [7, 11) is -3.77. The van der Waals surface area contributed by atoms with Crippen molar-refractivity contribution in [3.63, 3.8) is 0 Å². The zero-order chi connectivity index (χ0) is 18.1. The molecular formula is C17H40O3S2. The van der Waals surface area contributed by atoms with Gasteiger partial charge in [0.15, 0.2) is 9.84 Å². The third-order valence-corrected chi connectivity index (χ3v) is 8.17. The highest BCUT2D eigenvalue weighted by molar-refractivity contribution is 7.94. The van der Waals surface area contributed by atoms with Crippen molar-refractivity contribution in [1.82, 2.24) is 0 Å². The zero-order valence-corrected chi connectivity index (χ0v) is 17.7. The van der Waals surface area contributed by atoms with Gasteiger partial charge in [0.2, 0.25) is 0 Å². The summed E-state index contributed by atoms with van der Waals surface area (Å²) in [6, 6.07) is 0. The maximum absolute atomic E-state index is 11.7. The summed E-state index contributed by atoms with van der Waals surface area (Å²) in [6.07, 6.45) is 0. The third-order valence-electron chi connectivity index (χ3n) is 2.72. The molecule has 0 saturated carbocycles. The Morgan fingerprint density at radius 3 is 0.773 bits per heavy atom. The first-order chi connectivity index (χ1) is 8.65. The molecule has 0 radical (unpaired) electrons. The van der Waals surface area contributed by atoms with Crippen LogP contribution < -0.4 is 0 Å². The number of hydrogen-bond donors (Lipinski definition) is 0. The van der Waals surface area contributed by atoms with Crippen LogP contribution in [0.25, 0.3) is 0 Å². The van der Waals surface area contributed by atoms with Crippen molar-refractivity contribution in [2.24, 2.45) is 0 Å². The monoisotopic (exact) mass is 356 g/mol. The molecule has 0 bridgehead atoms. The Balaban J connectivity index is -0.000000315. The van der Waals surface area contributed by atoms with E-state index in [2.05, 4.69) is 0 Å². The average molecular weight is 357 g/mol. The van der Waals surface area contributed by atoms with E-state index in [-0.39, 0.29) is 16.9 Å². The van der Waals surface area contributed by atoms with Crippen LogP contribution in [0.15, 0.2) is 0 Å². The van der Waals surface area contributed by atoms with E-state index in [4.69, 9.17) is 0 Å². The highest BCUT2D eigenvalue weighted by Gasteiger charge is 2.39. The summed E-state index contributed by atoms with van der Waals surface area (Å²) in [5.41, 5.74) is 0. The molecule has 0 aliphatic rings.